The van der Waals surface area contributed by atoms with Gasteiger partial charge in [0.25, 0.3) is 11.8 Å². The molecule has 0 bridgehead atoms. The van der Waals surface area contributed by atoms with Gasteiger partial charge in [0, 0.05) is 17.2 Å². The van der Waals surface area contributed by atoms with Gasteiger partial charge >= 0.3 is 0 Å². The number of nitrogens with zero attached hydrogens (tertiary/aromatic N) is 1. The topological polar surface area (TPSA) is 93.5 Å². The highest BCUT2D eigenvalue weighted by molar-refractivity contribution is 5.94. The normalized spacial score (nSPS) is 14.5. The van der Waals surface area contributed by atoms with Gasteiger partial charge < -0.3 is 19.7 Å². The molecule has 8 heteroatoms. The van der Waals surface area contributed by atoms with E-state index >= 15 is 0 Å². The standard InChI is InChI=1S/C24H30N4O4/c1-18(2)26-23(29)17-32-22-9-5-19(6-10-22)15-25-27-24(30)21-7-3-20(4-8-21)16-28-11-13-31-14-12-28/h3-10,15,18H,11-14,16-17H2,1-2H3,(H,26,29)(H,27,30)/p+1/b25-15-. The van der Waals surface area contributed by atoms with Gasteiger partial charge in [-0.3, -0.25) is 9.59 Å². The summed E-state index contributed by atoms with van der Waals surface area (Å²) in [7, 11) is 0. The average molecular weight is 440 g/mol. The number of hydrogen-bond acceptors (Lipinski definition) is 5. The van der Waals surface area contributed by atoms with Crippen LogP contribution in [0.25, 0.3) is 0 Å². The zero-order chi connectivity index (χ0) is 22.8. The third-order valence-electron chi connectivity index (χ3n) is 4.95. The lowest BCUT2D eigenvalue weighted by atomic mass is 10.1. The number of rotatable bonds is 9. The van der Waals surface area contributed by atoms with Crippen LogP contribution in [-0.2, 0) is 16.1 Å². The number of quaternary nitrogens is 1. The highest BCUT2D eigenvalue weighted by Crippen LogP contribution is 2.11. The first-order chi connectivity index (χ1) is 15.5. The van der Waals surface area contributed by atoms with Crippen LogP contribution in [0.3, 0.4) is 0 Å². The Hall–Kier alpha value is -3.23. The predicted molar refractivity (Wildman–Crippen MR) is 122 cm³/mol. The fourth-order valence-electron chi connectivity index (χ4n) is 3.29. The van der Waals surface area contributed by atoms with E-state index in [9.17, 15) is 9.59 Å². The van der Waals surface area contributed by atoms with Crippen molar-refractivity contribution < 1.29 is 24.0 Å². The fourth-order valence-corrected chi connectivity index (χ4v) is 3.29. The molecule has 3 N–H and O–H groups in total. The molecule has 1 fully saturated rings. The lowest BCUT2D eigenvalue weighted by Crippen LogP contribution is -3.12. The van der Waals surface area contributed by atoms with E-state index in [1.54, 1.807) is 30.5 Å². The van der Waals surface area contributed by atoms with Crippen molar-refractivity contribution in [2.24, 2.45) is 5.10 Å². The second-order valence-corrected chi connectivity index (χ2v) is 8.02. The molecule has 0 aromatic heterocycles. The van der Waals surface area contributed by atoms with Gasteiger partial charge in [0.15, 0.2) is 6.61 Å². The van der Waals surface area contributed by atoms with Crippen LogP contribution in [0.1, 0.15) is 35.3 Å². The van der Waals surface area contributed by atoms with Crippen LogP contribution in [-0.4, -0.2) is 57.0 Å². The van der Waals surface area contributed by atoms with Crippen molar-refractivity contribution in [1.82, 2.24) is 10.7 Å². The summed E-state index contributed by atoms with van der Waals surface area (Å²) in [4.78, 5) is 25.4. The number of carbonyl (C=O) groups excluding carboxylic acids is 2. The average Bonchev–Trinajstić information content (AvgIpc) is 2.79. The monoisotopic (exact) mass is 439 g/mol. The molecule has 1 aliphatic rings. The number of morpholine rings is 1. The molecule has 2 amide bonds. The van der Waals surface area contributed by atoms with E-state index in [4.69, 9.17) is 9.47 Å². The molecule has 2 aromatic carbocycles. The van der Waals surface area contributed by atoms with Crippen molar-refractivity contribution in [3.63, 3.8) is 0 Å². The summed E-state index contributed by atoms with van der Waals surface area (Å²) in [6, 6.07) is 14.8. The van der Waals surface area contributed by atoms with Gasteiger partial charge in [-0.05, 0) is 55.8 Å². The quantitative estimate of drug-likeness (QED) is 0.398. The Balaban J connectivity index is 1.43. The molecular weight excluding hydrogens is 408 g/mol. The van der Waals surface area contributed by atoms with Crippen LogP contribution < -0.4 is 20.4 Å². The summed E-state index contributed by atoms with van der Waals surface area (Å²) in [6.07, 6.45) is 1.56. The zero-order valence-electron chi connectivity index (χ0n) is 18.6. The molecule has 0 atom stereocenters. The molecule has 3 rings (SSSR count). The second-order valence-electron chi connectivity index (χ2n) is 8.02. The largest absolute Gasteiger partial charge is 0.484 e. The number of carbonyl (C=O) groups is 2. The van der Waals surface area contributed by atoms with Gasteiger partial charge in [-0.15, -0.1) is 0 Å². The Kier molecular flexibility index (Phi) is 8.77. The second kappa shape index (κ2) is 12.0. The summed E-state index contributed by atoms with van der Waals surface area (Å²) in [5, 5.41) is 6.79. The van der Waals surface area contributed by atoms with Gasteiger partial charge in [0.05, 0.1) is 19.4 Å². The maximum atomic E-state index is 12.3. The van der Waals surface area contributed by atoms with Crippen LogP contribution >= 0.6 is 0 Å². The fraction of sp³-hybridized carbons (Fsp3) is 0.375. The molecule has 0 radical (unpaired) electrons. The zero-order valence-corrected chi connectivity index (χ0v) is 18.6. The smallest absolute Gasteiger partial charge is 0.271 e. The Morgan fingerprint density at radius 1 is 1.09 bits per heavy atom. The van der Waals surface area contributed by atoms with Gasteiger partial charge in [0.1, 0.15) is 25.4 Å². The Labute approximate surface area is 188 Å². The molecule has 0 saturated carbocycles. The minimum absolute atomic E-state index is 0.0335. The highest BCUT2D eigenvalue weighted by Gasteiger charge is 2.14. The molecule has 0 unspecified atom stereocenters. The third-order valence-corrected chi connectivity index (χ3v) is 4.95. The molecular formula is C24H31N4O4+. The Morgan fingerprint density at radius 2 is 1.78 bits per heavy atom. The van der Waals surface area contributed by atoms with E-state index in [0.717, 1.165) is 38.4 Å². The van der Waals surface area contributed by atoms with Crippen LogP contribution in [0, 0.1) is 0 Å². The first kappa shape index (κ1) is 23.4. The summed E-state index contributed by atoms with van der Waals surface area (Å²) in [5.74, 6) is 0.162. The van der Waals surface area contributed by atoms with Crippen LogP contribution in [0.15, 0.2) is 53.6 Å². The summed E-state index contributed by atoms with van der Waals surface area (Å²) < 4.78 is 10.8. The molecule has 8 nitrogen and oxygen atoms in total. The van der Waals surface area contributed by atoms with Gasteiger partial charge in [-0.2, -0.15) is 5.10 Å². The van der Waals surface area contributed by atoms with Crippen LogP contribution in [0.2, 0.25) is 0 Å². The van der Waals surface area contributed by atoms with Crippen molar-refractivity contribution in [1.29, 1.82) is 0 Å². The summed E-state index contributed by atoms with van der Waals surface area (Å²) in [6.45, 7) is 8.33. The van der Waals surface area contributed by atoms with Crippen LogP contribution in [0.5, 0.6) is 5.75 Å². The maximum Gasteiger partial charge on any atom is 0.271 e. The SMILES string of the molecule is CC(C)NC(=O)COc1ccc(/C=N\NC(=O)c2ccc(C[NH+]3CCOCC3)cc2)cc1. The van der Waals surface area contributed by atoms with Crippen LogP contribution in [0.4, 0.5) is 0 Å². The van der Waals surface area contributed by atoms with Crippen molar-refractivity contribution in [2.75, 3.05) is 32.9 Å². The molecule has 1 saturated heterocycles. The molecule has 2 aromatic rings. The summed E-state index contributed by atoms with van der Waals surface area (Å²) >= 11 is 0. The van der Waals surface area contributed by atoms with Crippen molar-refractivity contribution in [3.8, 4) is 5.75 Å². The number of nitrogens with one attached hydrogen (secondary N) is 3. The van der Waals surface area contributed by atoms with E-state index in [1.807, 2.05) is 38.1 Å². The van der Waals surface area contributed by atoms with Gasteiger partial charge in [-0.25, -0.2) is 5.43 Å². The lowest BCUT2D eigenvalue weighted by Gasteiger charge is -2.23. The lowest BCUT2D eigenvalue weighted by molar-refractivity contribution is -0.921. The number of hydrogen-bond donors (Lipinski definition) is 3. The first-order valence-electron chi connectivity index (χ1n) is 10.9. The Morgan fingerprint density at radius 3 is 2.44 bits per heavy atom. The van der Waals surface area contributed by atoms with Crippen molar-refractivity contribution >= 4 is 18.0 Å². The molecule has 32 heavy (non-hydrogen) atoms. The van der Waals surface area contributed by atoms with Gasteiger partial charge in [0.2, 0.25) is 0 Å². The molecule has 170 valence electrons. The minimum Gasteiger partial charge on any atom is -0.484 e. The van der Waals surface area contributed by atoms with E-state index < -0.39 is 0 Å². The van der Waals surface area contributed by atoms with E-state index in [-0.39, 0.29) is 24.5 Å². The number of hydrazone groups is 1. The maximum absolute atomic E-state index is 12.3. The predicted octanol–water partition coefficient (Wildman–Crippen LogP) is 0.769. The molecule has 0 aliphatic carbocycles. The van der Waals surface area contributed by atoms with E-state index in [1.165, 1.54) is 10.5 Å². The third kappa shape index (κ3) is 7.79. The number of ether oxygens (including phenoxy) is 2. The molecule has 0 spiro atoms. The minimum atomic E-state index is -0.261. The Bertz CT molecular complexity index is 905. The molecule has 1 aliphatic heterocycles. The van der Waals surface area contributed by atoms with E-state index in [0.29, 0.717) is 11.3 Å². The van der Waals surface area contributed by atoms with E-state index in [2.05, 4.69) is 15.8 Å². The number of benzene rings is 2. The summed E-state index contributed by atoms with van der Waals surface area (Å²) in [5.41, 5.74) is 5.11. The van der Waals surface area contributed by atoms with Gasteiger partial charge in [-0.1, -0.05) is 12.1 Å². The highest BCUT2D eigenvalue weighted by atomic mass is 16.5. The van der Waals surface area contributed by atoms with Crippen molar-refractivity contribution in [2.45, 2.75) is 26.4 Å². The first-order valence-corrected chi connectivity index (χ1v) is 10.9. The number of amides is 2. The molecule has 1 heterocycles. The van der Waals surface area contributed by atoms with Crippen molar-refractivity contribution in [3.05, 3.63) is 65.2 Å².